The summed E-state index contributed by atoms with van der Waals surface area (Å²) in [6.07, 6.45) is 7.18. The number of carbonyl (C=O) groups excluding carboxylic acids is 1. The molecular formula is C11H16O3. The minimum absolute atomic E-state index is 0.146. The van der Waals surface area contributed by atoms with Crippen LogP contribution in [0.4, 0.5) is 0 Å². The molecule has 0 radical (unpaired) electrons. The largest absolute Gasteiger partial charge is 0.501 e. The number of allylic oxidation sites excluding steroid dienone is 4. The number of carbonyl (C=O) groups is 1. The molecule has 0 fully saturated rings. The third-order valence-electron chi connectivity index (χ3n) is 2.34. The summed E-state index contributed by atoms with van der Waals surface area (Å²) < 4.78 is 9.69. The van der Waals surface area contributed by atoms with Crippen LogP contribution in [0.1, 0.15) is 25.7 Å². The smallest absolute Gasteiger partial charge is 0.305 e. The first-order chi connectivity index (χ1) is 6.76. The maximum Gasteiger partial charge on any atom is 0.305 e. The second-order valence-corrected chi connectivity index (χ2v) is 3.24. The van der Waals surface area contributed by atoms with Gasteiger partial charge in [-0.3, -0.25) is 4.79 Å². The van der Waals surface area contributed by atoms with Crippen molar-refractivity contribution in [2.45, 2.75) is 25.7 Å². The average Bonchev–Trinajstić information content (AvgIpc) is 2.26. The minimum atomic E-state index is -0.146. The molecule has 0 aromatic heterocycles. The Balaban J connectivity index is 2.37. The Morgan fingerprint density at radius 1 is 1.36 bits per heavy atom. The Bertz CT molecular complexity index is 264. The molecule has 14 heavy (non-hydrogen) atoms. The van der Waals surface area contributed by atoms with Gasteiger partial charge in [0.2, 0.25) is 0 Å². The van der Waals surface area contributed by atoms with Crippen LogP contribution < -0.4 is 0 Å². The van der Waals surface area contributed by atoms with Gasteiger partial charge in [-0.05, 0) is 18.9 Å². The third kappa shape index (κ3) is 3.24. The van der Waals surface area contributed by atoms with Crippen molar-refractivity contribution in [2.24, 2.45) is 0 Å². The van der Waals surface area contributed by atoms with Crippen molar-refractivity contribution < 1.29 is 14.3 Å². The van der Waals surface area contributed by atoms with E-state index < -0.39 is 0 Å². The van der Waals surface area contributed by atoms with Gasteiger partial charge in [-0.15, -0.1) is 0 Å². The zero-order valence-corrected chi connectivity index (χ0v) is 8.71. The van der Waals surface area contributed by atoms with Gasteiger partial charge in [0.25, 0.3) is 0 Å². The highest BCUT2D eigenvalue weighted by atomic mass is 16.5. The van der Waals surface area contributed by atoms with E-state index >= 15 is 0 Å². The van der Waals surface area contributed by atoms with E-state index in [1.165, 1.54) is 12.7 Å². The summed E-state index contributed by atoms with van der Waals surface area (Å²) in [5.41, 5.74) is 1.29. The van der Waals surface area contributed by atoms with E-state index in [1.54, 1.807) is 7.11 Å². The fraction of sp³-hybridized carbons (Fsp3) is 0.545. The lowest BCUT2D eigenvalue weighted by Gasteiger charge is -2.12. The van der Waals surface area contributed by atoms with E-state index in [-0.39, 0.29) is 5.97 Å². The number of hydrogen-bond acceptors (Lipinski definition) is 3. The fourth-order valence-corrected chi connectivity index (χ4v) is 1.40. The summed E-state index contributed by atoms with van der Waals surface area (Å²) in [6, 6.07) is 0. The zero-order valence-electron chi connectivity index (χ0n) is 8.71. The quantitative estimate of drug-likeness (QED) is 0.646. The van der Waals surface area contributed by atoms with Crippen LogP contribution in [0.25, 0.3) is 0 Å². The van der Waals surface area contributed by atoms with Crippen LogP contribution in [0.5, 0.6) is 0 Å². The van der Waals surface area contributed by atoms with Crippen molar-refractivity contribution in [1.82, 2.24) is 0 Å². The Hall–Kier alpha value is -1.25. The second kappa shape index (κ2) is 5.47. The summed E-state index contributed by atoms with van der Waals surface area (Å²) in [4.78, 5) is 10.9. The first-order valence-corrected chi connectivity index (χ1v) is 4.75. The number of esters is 1. The topological polar surface area (TPSA) is 35.5 Å². The molecule has 0 heterocycles. The predicted molar refractivity (Wildman–Crippen MR) is 53.7 cm³/mol. The molecular weight excluding hydrogens is 180 g/mol. The second-order valence-electron chi connectivity index (χ2n) is 3.24. The Morgan fingerprint density at radius 3 is 2.64 bits per heavy atom. The number of hydrogen-bond donors (Lipinski definition) is 0. The molecule has 1 aliphatic carbocycles. The minimum Gasteiger partial charge on any atom is -0.501 e. The maximum atomic E-state index is 10.9. The molecule has 0 saturated heterocycles. The summed E-state index contributed by atoms with van der Waals surface area (Å²) >= 11 is 0. The fourth-order valence-electron chi connectivity index (χ4n) is 1.40. The van der Waals surface area contributed by atoms with Gasteiger partial charge in [-0.1, -0.05) is 11.6 Å². The van der Waals surface area contributed by atoms with Gasteiger partial charge in [-0.2, -0.15) is 0 Å². The van der Waals surface area contributed by atoms with Crippen molar-refractivity contribution in [2.75, 3.05) is 14.2 Å². The van der Waals surface area contributed by atoms with Crippen LogP contribution in [0.15, 0.2) is 23.5 Å². The van der Waals surface area contributed by atoms with Gasteiger partial charge in [0.1, 0.15) is 0 Å². The molecule has 1 aliphatic rings. The number of methoxy groups -OCH3 is 2. The van der Waals surface area contributed by atoms with E-state index in [0.29, 0.717) is 6.42 Å². The molecule has 78 valence electrons. The standard InChI is InChI=1S/C11H16O3/c1-13-10-6-3-9(4-7-10)5-8-11(12)14-2/h3,6H,4-5,7-8H2,1-2H3. The molecule has 0 spiro atoms. The summed E-state index contributed by atoms with van der Waals surface area (Å²) in [6.45, 7) is 0. The molecule has 0 aliphatic heterocycles. The van der Waals surface area contributed by atoms with Crippen molar-refractivity contribution in [3.05, 3.63) is 23.5 Å². The van der Waals surface area contributed by atoms with Crippen molar-refractivity contribution in [1.29, 1.82) is 0 Å². The molecule has 0 aromatic carbocycles. The molecule has 0 N–H and O–H groups in total. The number of ether oxygens (including phenoxy) is 2. The van der Waals surface area contributed by atoms with Crippen molar-refractivity contribution in [3.8, 4) is 0 Å². The molecule has 3 heteroatoms. The Kier molecular flexibility index (Phi) is 4.23. The normalized spacial score (nSPS) is 15.6. The monoisotopic (exact) mass is 196 g/mol. The van der Waals surface area contributed by atoms with Gasteiger partial charge in [-0.25, -0.2) is 0 Å². The van der Waals surface area contributed by atoms with Crippen LogP contribution >= 0.6 is 0 Å². The van der Waals surface area contributed by atoms with E-state index in [0.717, 1.165) is 25.0 Å². The average molecular weight is 196 g/mol. The molecule has 3 nitrogen and oxygen atoms in total. The maximum absolute atomic E-state index is 10.9. The van der Waals surface area contributed by atoms with Crippen LogP contribution in [0, 0.1) is 0 Å². The molecule has 0 saturated carbocycles. The number of rotatable bonds is 4. The van der Waals surface area contributed by atoms with Gasteiger partial charge in [0.05, 0.1) is 20.0 Å². The van der Waals surface area contributed by atoms with Gasteiger partial charge in [0.15, 0.2) is 0 Å². The summed E-state index contributed by atoms with van der Waals surface area (Å²) in [5.74, 6) is 0.860. The molecule has 1 rings (SSSR count). The lowest BCUT2D eigenvalue weighted by Crippen LogP contribution is -2.02. The predicted octanol–water partition coefficient (Wildman–Crippen LogP) is 2.19. The van der Waals surface area contributed by atoms with Crippen molar-refractivity contribution >= 4 is 5.97 Å². The lowest BCUT2D eigenvalue weighted by molar-refractivity contribution is -0.140. The summed E-state index contributed by atoms with van der Waals surface area (Å²) in [7, 11) is 3.10. The van der Waals surface area contributed by atoms with Crippen LogP contribution in [-0.4, -0.2) is 20.2 Å². The van der Waals surface area contributed by atoms with E-state index in [2.05, 4.69) is 4.74 Å². The first kappa shape index (κ1) is 10.8. The Morgan fingerprint density at radius 2 is 2.14 bits per heavy atom. The molecule has 0 aromatic rings. The SMILES string of the molecule is COC(=O)CCC1=CC=C(OC)CC1. The molecule has 0 bridgehead atoms. The third-order valence-corrected chi connectivity index (χ3v) is 2.34. The van der Waals surface area contributed by atoms with Crippen molar-refractivity contribution in [3.63, 3.8) is 0 Å². The molecule has 0 atom stereocenters. The van der Waals surface area contributed by atoms with E-state index in [1.807, 2.05) is 12.2 Å². The zero-order chi connectivity index (χ0) is 10.4. The van der Waals surface area contributed by atoms with Gasteiger partial charge >= 0.3 is 5.97 Å². The summed E-state index contributed by atoms with van der Waals surface area (Å²) in [5, 5.41) is 0. The lowest BCUT2D eigenvalue weighted by atomic mass is 9.99. The first-order valence-electron chi connectivity index (χ1n) is 4.75. The van der Waals surface area contributed by atoms with Gasteiger partial charge < -0.3 is 9.47 Å². The highest BCUT2D eigenvalue weighted by Gasteiger charge is 2.08. The molecule has 0 amide bonds. The van der Waals surface area contributed by atoms with Crippen LogP contribution in [0.2, 0.25) is 0 Å². The highest BCUT2D eigenvalue weighted by Crippen LogP contribution is 2.21. The van der Waals surface area contributed by atoms with Crippen LogP contribution in [0.3, 0.4) is 0 Å². The van der Waals surface area contributed by atoms with Crippen LogP contribution in [-0.2, 0) is 14.3 Å². The van der Waals surface area contributed by atoms with E-state index in [4.69, 9.17) is 4.74 Å². The highest BCUT2D eigenvalue weighted by molar-refractivity contribution is 5.69. The van der Waals surface area contributed by atoms with E-state index in [9.17, 15) is 4.79 Å². The molecule has 0 unspecified atom stereocenters. The Labute approximate surface area is 84.4 Å². The van der Waals surface area contributed by atoms with Gasteiger partial charge in [0, 0.05) is 12.8 Å².